The summed E-state index contributed by atoms with van der Waals surface area (Å²) < 4.78 is 16.5. The first-order chi connectivity index (χ1) is 29.1. The Morgan fingerprint density at radius 3 is 1.75 bits per heavy atom. The maximum Gasteiger partial charge on any atom is 0.323 e. The number of carbonyl (C=O) groups is 4. The van der Waals surface area contributed by atoms with Gasteiger partial charge in [0.15, 0.2) is 11.5 Å². The first-order valence-electron chi connectivity index (χ1n) is 19.7. The molecule has 0 saturated heterocycles. The van der Waals surface area contributed by atoms with Crippen LogP contribution in [0, 0.1) is 6.92 Å². The second-order valence-corrected chi connectivity index (χ2v) is 14.2. The van der Waals surface area contributed by atoms with Gasteiger partial charge in [0, 0.05) is 45.0 Å². The van der Waals surface area contributed by atoms with Gasteiger partial charge in [0.25, 0.3) is 0 Å². The van der Waals surface area contributed by atoms with Gasteiger partial charge in [0.2, 0.25) is 5.91 Å². The molecule has 5 amide bonds. The summed E-state index contributed by atoms with van der Waals surface area (Å²) in [4.78, 5) is 58.3. The minimum atomic E-state index is -1.01. The molecule has 0 aliphatic carbocycles. The number of nitrogens with one attached hydrogen (secondary N) is 2. The molecule has 0 spiro atoms. The Morgan fingerprint density at radius 2 is 1.12 bits per heavy atom. The average molecular weight is 816 g/mol. The SMILES string of the molecule is COc1cc(CC(=O)N(CCN(Cc2ccccc2)C(=O)N(CCC(=O)O)CCc2ccc(OC)c(OC)c2)Cc2ccccc2)ccc1NC(=O)Nc1ccccc1C. The van der Waals surface area contributed by atoms with E-state index in [2.05, 4.69) is 10.6 Å². The summed E-state index contributed by atoms with van der Waals surface area (Å²) in [5.74, 6) is 0.334. The van der Waals surface area contributed by atoms with Crippen LogP contribution in [-0.4, -0.2) is 91.3 Å². The zero-order chi connectivity index (χ0) is 42.9. The molecule has 5 aromatic rings. The molecule has 0 fully saturated rings. The summed E-state index contributed by atoms with van der Waals surface area (Å²) in [6, 6.07) is 36.6. The predicted octanol–water partition coefficient (Wildman–Crippen LogP) is 7.88. The Hall–Kier alpha value is -7.02. The zero-order valence-electron chi connectivity index (χ0n) is 34.6. The Bertz CT molecular complexity index is 2200. The minimum Gasteiger partial charge on any atom is -0.495 e. The Labute approximate surface area is 351 Å². The highest BCUT2D eigenvalue weighted by Gasteiger charge is 2.25. The largest absolute Gasteiger partial charge is 0.495 e. The highest BCUT2D eigenvalue weighted by Crippen LogP contribution is 2.29. The van der Waals surface area contributed by atoms with E-state index in [0.717, 1.165) is 22.3 Å². The first-order valence-corrected chi connectivity index (χ1v) is 19.7. The fraction of sp³-hybridized carbons (Fsp3) is 0.277. The molecule has 0 radical (unpaired) electrons. The molecular formula is C47H53N5O8. The molecule has 0 aliphatic heterocycles. The van der Waals surface area contributed by atoms with Gasteiger partial charge in [-0.25, -0.2) is 9.59 Å². The van der Waals surface area contributed by atoms with Crippen LogP contribution in [0.2, 0.25) is 0 Å². The fourth-order valence-corrected chi connectivity index (χ4v) is 6.64. The van der Waals surface area contributed by atoms with Crippen LogP contribution >= 0.6 is 0 Å². The molecule has 60 heavy (non-hydrogen) atoms. The van der Waals surface area contributed by atoms with Gasteiger partial charge in [-0.15, -0.1) is 0 Å². The lowest BCUT2D eigenvalue weighted by molar-refractivity contribution is -0.137. The minimum absolute atomic E-state index is 0.000350. The maximum absolute atomic E-state index is 14.5. The van der Waals surface area contributed by atoms with Crippen molar-refractivity contribution in [2.75, 3.05) is 58.1 Å². The van der Waals surface area contributed by atoms with Crippen LogP contribution in [0.5, 0.6) is 17.2 Å². The van der Waals surface area contributed by atoms with Crippen molar-refractivity contribution in [3.8, 4) is 17.2 Å². The van der Waals surface area contributed by atoms with Crippen molar-refractivity contribution in [2.24, 2.45) is 0 Å². The summed E-state index contributed by atoms with van der Waals surface area (Å²) >= 11 is 0. The first kappa shape index (κ1) is 44.1. The molecule has 0 saturated carbocycles. The molecular weight excluding hydrogens is 763 g/mol. The number of nitrogens with zero attached hydrogens (tertiary/aromatic N) is 3. The van der Waals surface area contributed by atoms with Gasteiger partial charge in [-0.3, -0.25) is 9.59 Å². The molecule has 13 heteroatoms. The van der Waals surface area contributed by atoms with Crippen LogP contribution in [0.4, 0.5) is 21.0 Å². The molecule has 0 atom stereocenters. The van der Waals surface area contributed by atoms with E-state index in [1.165, 1.54) is 7.11 Å². The maximum atomic E-state index is 14.5. The molecule has 13 nitrogen and oxygen atoms in total. The van der Waals surface area contributed by atoms with Crippen LogP contribution in [0.15, 0.2) is 121 Å². The van der Waals surface area contributed by atoms with Gasteiger partial charge in [0.05, 0.1) is 39.9 Å². The van der Waals surface area contributed by atoms with Crippen LogP contribution < -0.4 is 24.8 Å². The Kier molecular flexibility index (Phi) is 16.3. The number of methoxy groups -OCH3 is 3. The predicted molar refractivity (Wildman–Crippen MR) is 232 cm³/mol. The van der Waals surface area contributed by atoms with Crippen molar-refractivity contribution in [3.63, 3.8) is 0 Å². The van der Waals surface area contributed by atoms with Crippen molar-refractivity contribution in [2.45, 2.75) is 39.3 Å². The number of urea groups is 2. The Balaban J connectivity index is 1.35. The van der Waals surface area contributed by atoms with Crippen LogP contribution in [-0.2, 0) is 35.5 Å². The van der Waals surface area contributed by atoms with E-state index in [1.807, 2.05) is 104 Å². The standard InChI is InChI=1S/C47H53N5O8/c1-34-13-11-12-18-39(34)48-46(56)49-40-21-19-38(30-42(40)59-3)31-44(53)51(32-36-14-7-5-8-15-36)27-28-52(33-37-16-9-6-10-17-37)47(57)50(26-24-45(54)55)25-23-35-20-22-41(58-2)43(29-35)60-4/h5-22,29-30H,23-28,31-33H2,1-4H3,(H,54,55)(H2,48,49,56). The van der Waals surface area contributed by atoms with Gasteiger partial charge in [-0.2, -0.15) is 0 Å². The third-order valence-electron chi connectivity index (χ3n) is 9.94. The van der Waals surface area contributed by atoms with E-state index in [1.54, 1.807) is 53.2 Å². The topological polar surface area (TPSA) is 150 Å². The number of hydrogen-bond acceptors (Lipinski definition) is 7. The molecule has 0 aromatic heterocycles. The normalized spacial score (nSPS) is 10.6. The second-order valence-electron chi connectivity index (χ2n) is 14.2. The molecule has 5 aromatic carbocycles. The van der Waals surface area contributed by atoms with E-state index in [-0.39, 0.29) is 57.5 Å². The number of carboxylic acids is 1. The number of aliphatic carboxylic acids is 1. The van der Waals surface area contributed by atoms with E-state index < -0.39 is 12.0 Å². The Morgan fingerprint density at radius 1 is 0.550 bits per heavy atom. The van der Waals surface area contributed by atoms with Gasteiger partial charge < -0.3 is 44.7 Å². The lowest BCUT2D eigenvalue weighted by Crippen LogP contribution is -2.47. The average Bonchev–Trinajstić information content (AvgIpc) is 3.26. The molecule has 314 valence electrons. The van der Waals surface area contributed by atoms with E-state index >= 15 is 0 Å². The number of para-hydroxylation sites is 1. The van der Waals surface area contributed by atoms with E-state index in [0.29, 0.717) is 47.2 Å². The molecule has 0 bridgehead atoms. The van der Waals surface area contributed by atoms with Crippen molar-refractivity contribution < 1.29 is 38.5 Å². The van der Waals surface area contributed by atoms with Crippen molar-refractivity contribution in [1.29, 1.82) is 0 Å². The van der Waals surface area contributed by atoms with Gasteiger partial charge in [0.1, 0.15) is 5.75 Å². The summed E-state index contributed by atoms with van der Waals surface area (Å²) in [7, 11) is 4.61. The number of aryl methyl sites for hydroxylation is 1. The van der Waals surface area contributed by atoms with Crippen molar-refractivity contribution in [3.05, 3.63) is 149 Å². The number of benzene rings is 5. The number of amides is 5. The second kappa shape index (κ2) is 22.2. The van der Waals surface area contributed by atoms with E-state index in [4.69, 9.17) is 14.2 Å². The third kappa shape index (κ3) is 13.0. The molecule has 3 N–H and O–H groups in total. The highest BCUT2D eigenvalue weighted by atomic mass is 16.5. The van der Waals surface area contributed by atoms with Gasteiger partial charge >= 0.3 is 18.0 Å². The van der Waals surface area contributed by atoms with Gasteiger partial charge in [-0.1, -0.05) is 91.0 Å². The van der Waals surface area contributed by atoms with Crippen LogP contribution in [0.1, 0.15) is 34.2 Å². The molecule has 0 heterocycles. The summed E-state index contributed by atoms with van der Waals surface area (Å²) in [5.41, 5.74) is 5.41. The lowest BCUT2D eigenvalue weighted by Gasteiger charge is -2.33. The number of rotatable bonds is 20. The monoisotopic (exact) mass is 815 g/mol. The number of ether oxygens (including phenoxy) is 3. The number of anilines is 2. The highest BCUT2D eigenvalue weighted by molar-refractivity contribution is 6.01. The molecule has 0 unspecified atom stereocenters. The lowest BCUT2D eigenvalue weighted by atomic mass is 10.1. The summed E-state index contributed by atoms with van der Waals surface area (Å²) in [6.45, 7) is 3.07. The van der Waals surface area contributed by atoms with Gasteiger partial charge in [-0.05, 0) is 71.5 Å². The zero-order valence-corrected chi connectivity index (χ0v) is 34.6. The quantitative estimate of drug-likeness (QED) is 0.0719. The van der Waals surface area contributed by atoms with Crippen molar-refractivity contribution in [1.82, 2.24) is 14.7 Å². The third-order valence-corrected chi connectivity index (χ3v) is 9.94. The smallest absolute Gasteiger partial charge is 0.323 e. The fourth-order valence-electron chi connectivity index (χ4n) is 6.64. The molecule has 0 aliphatic rings. The van der Waals surface area contributed by atoms with Crippen LogP contribution in [0.25, 0.3) is 0 Å². The number of hydrogen-bond donors (Lipinski definition) is 3. The summed E-state index contributed by atoms with van der Waals surface area (Å²) in [5, 5.41) is 15.3. The van der Waals surface area contributed by atoms with Crippen molar-refractivity contribution >= 4 is 35.3 Å². The van der Waals surface area contributed by atoms with E-state index in [9.17, 15) is 24.3 Å². The molecule has 5 rings (SSSR count). The van der Waals surface area contributed by atoms with Crippen LogP contribution in [0.3, 0.4) is 0 Å². The number of carbonyl (C=O) groups excluding carboxylic acids is 3. The number of carboxylic acid groups (broad SMARTS) is 1. The summed E-state index contributed by atoms with van der Waals surface area (Å²) in [6.07, 6.45) is 0.241.